The molecular weight excluding hydrogens is 252 g/mol. The second kappa shape index (κ2) is 6.22. The van der Waals surface area contributed by atoms with E-state index in [1.54, 1.807) is 0 Å². The van der Waals surface area contributed by atoms with Crippen LogP contribution < -0.4 is 10.6 Å². The third-order valence-electron chi connectivity index (χ3n) is 2.54. The van der Waals surface area contributed by atoms with E-state index >= 15 is 0 Å². The van der Waals surface area contributed by atoms with E-state index in [4.69, 9.17) is 29.6 Å². The lowest BCUT2D eigenvalue weighted by molar-refractivity contribution is 0.619. The fraction of sp³-hybridized carbons (Fsp3) is 0.462. The average Bonchev–Trinajstić information content (AvgIpc) is 2.25. The van der Waals surface area contributed by atoms with Crippen LogP contribution in [0.15, 0.2) is 18.2 Å². The maximum Gasteiger partial charge on any atom is 0.104 e. The van der Waals surface area contributed by atoms with E-state index in [-0.39, 0.29) is 0 Å². The monoisotopic (exact) mass is 270 g/mol. The lowest BCUT2D eigenvalue weighted by Crippen LogP contribution is -2.27. The van der Waals surface area contributed by atoms with Crippen molar-refractivity contribution in [1.82, 2.24) is 0 Å². The molecule has 2 N–H and O–H groups in total. The van der Waals surface area contributed by atoms with Gasteiger partial charge in [0.05, 0.1) is 10.7 Å². The molecule has 0 saturated carbocycles. The van der Waals surface area contributed by atoms with Gasteiger partial charge in [-0.25, -0.2) is 0 Å². The first-order valence-corrected chi connectivity index (χ1v) is 6.58. The highest BCUT2D eigenvalue weighted by molar-refractivity contribution is 7.80. The Morgan fingerprint density at radius 2 is 2.12 bits per heavy atom. The minimum Gasteiger partial charge on any atom is -0.389 e. The molecule has 0 aliphatic heterocycles. The van der Waals surface area contributed by atoms with Crippen LogP contribution in [-0.2, 0) is 0 Å². The van der Waals surface area contributed by atoms with E-state index < -0.39 is 0 Å². The molecule has 17 heavy (non-hydrogen) atoms. The van der Waals surface area contributed by atoms with Gasteiger partial charge in [0.25, 0.3) is 0 Å². The van der Waals surface area contributed by atoms with Gasteiger partial charge in [-0.3, -0.25) is 0 Å². The lowest BCUT2D eigenvalue weighted by atomic mass is 10.1. The van der Waals surface area contributed by atoms with Gasteiger partial charge in [0.15, 0.2) is 0 Å². The Bertz CT molecular complexity index is 404. The smallest absolute Gasteiger partial charge is 0.104 e. The SMILES string of the molecule is CCN(CC(C)C)c1ccc(C(N)=S)cc1Cl. The first-order valence-electron chi connectivity index (χ1n) is 5.80. The van der Waals surface area contributed by atoms with Crippen molar-refractivity contribution in [3.8, 4) is 0 Å². The van der Waals surface area contributed by atoms with E-state index in [2.05, 4.69) is 25.7 Å². The van der Waals surface area contributed by atoms with Gasteiger partial charge >= 0.3 is 0 Å². The molecule has 0 aliphatic carbocycles. The quantitative estimate of drug-likeness (QED) is 0.831. The second-order valence-corrected chi connectivity index (χ2v) is 5.31. The molecule has 0 bridgehead atoms. The molecule has 0 heterocycles. The van der Waals surface area contributed by atoms with Crippen molar-refractivity contribution in [2.75, 3.05) is 18.0 Å². The summed E-state index contributed by atoms with van der Waals surface area (Å²) in [6.45, 7) is 8.44. The van der Waals surface area contributed by atoms with Gasteiger partial charge in [-0.1, -0.05) is 37.7 Å². The minimum absolute atomic E-state index is 0.380. The number of halogens is 1. The summed E-state index contributed by atoms with van der Waals surface area (Å²) in [6.07, 6.45) is 0. The lowest BCUT2D eigenvalue weighted by Gasteiger charge is -2.26. The van der Waals surface area contributed by atoms with Crippen LogP contribution in [0.1, 0.15) is 26.3 Å². The number of nitrogens with zero attached hydrogens (tertiary/aromatic N) is 1. The Labute approximate surface area is 114 Å². The molecular formula is C13H19ClN2S. The van der Waals surface area contributed by atoms with Crippen molar-refractivity contribution in [1.29, 1.82) is 0 Å². The normalized spacial score (nSPS) is 10.6. The third-order valence-corrected chi connectivity index (χ3v) is 3.08. The number of nitrogens with two attached hydrogens (primary N) is 1. The molecule has 1 aromatic rings. The molecule has 0 aliphatic rings. The van der Waals surface area contributed by atoms with Crippen LogP contribution in [0.25, 0.3) is 0 Å². The average molecular weight is 271 g/mol. The standard InChI is InChI=1S/C13H19ClN2S/c1-4-16(8-9(2)3)12-6-5-10(13(15)17)7-11(12)14/h5-7,9H,4,8H2,1-3H3,(H2,15,17). The predicted octanol–water partition coefficient (Wildman–Crippen LogP) is 3.46. The minimum atomic E-state index is 0.380. The van der Waals surface area contributed by atoms with Crippen molar-refractivity contribution in [2.24, 2.45) is 11.7 Å². The molecule has 1 rings (SSSR count). The zero-order valence-corrected chi connectivity index (χ0v) is 12.1. The number of benzene rings is 1. The van der Waals surface area contributed by atoms with Crippen molar-refractivity contribution >= 4 is 34.5 Å². The van der Waals surface area contributed by atoms with Gasteiger partial charge in [0.1, 0.15) is 4.99 Å². The summed E-state index contributed by atoms with van der Waals surface area (Å²) in [7, 11) is 0. The van der Waals surface area contributed by atoms with Crippen LogP contribution in [0.3, 0.4) is 0 Å². The Morgan fingerprint density at radius 1 is 1.47 bits per heavy atom. The molecule has 0 radical (unpaired) electrons. The molecule has 0 amide bonds. The maximum absolute atomic E-state index is 6.27. The van der Waals surface area contributed by atoms with E-state index in [1.807, 2.05) is 18.2 Å². The van der Waals surface area contributed by atoms with Crippen LogP contribution in [0.5, 0.6) is 0 Å². The van der Waals surface area contributed by atoms with Crippen molar-refractivity contribution in [3.05, 3.63) is 28.8 Å². The van der Waals surface area contributed by atoms with Gasteiger partial charge in [0, 0.05) is 18.7 Å². The molecule has 2 nitrogen and oxygen atoms in total. The van der Waals surface area contributed by atoms with Crippen molar-refractivity contribution in [2.45, 2.75) is 20.8 Å². The van der Waals surface area contributed by atoms with Gasteiger partial charge < -0.3 is 10.6 Å². The number of hydrogen-bond acceptors (Lipinski definition) is 2. The zero-order chi connectivity index (χ0) is 13.0. The highest BCUT2D eigenvalue weighted by Gasteiger charge is 2.11. The molecule has 0 atom stereocenters. The van der Waals surface area contributed by atoms with E-state index in [1.165, 1.54) is 0 Å². The molecule has 0 spiro atoms. The highest BCUT2D eigenvalue weighted by Crippen LogP contribution is 2.27. The van der Waals surface area contributed by atoms with Crippen molar-refractivity contribution in [3.63, 3.8) is 0 Å². The van der Waals surface area contributed by atoms with Crippen LogP contribution in [-0.4, -0.2) is 18.1 Å². The highest BCUT2D eigenvalue weighted by atomic mass is 35.5. The summed E-state index contributed by atoms with van der Waals surface area (Å²) in [5.74, 6) is 0.598. The van der Waals surface area contributed by atoms with Crippen molar-refractivity contribution < 1.29 is 0 Å². The summed E-state index contributed by atoms with van der Waals surface area (Å²) in [6, 6.07) is 5.75. The van der Waals surface area contributed by atoms with E-state index in [9.17, 15) is 0 Å². The maximum atomic E-state index is 6.27. The second-order valence-electron chi connectivity index (χ2n) is 4.46. The first kappa shape index (κ1) is 14.3. The molecule has 94 valence electrons. The van der Waals surface area contributed by atoms with Crippen LogP contribution in [0.2, 0.25) is 5.02 Å². The number of hydrogen-bond donors (Lipinski definition) is 1. The Hall–Kier alpha value is -0.800. The first-order chi connectivity index (χ1) is 7.95. The largest absolute Gasteiger partial charge is 0.389 e. The number of anilines is 1. The number of rotatable bonds is 5. The van der Waals surface area contributed by atoms with Crippen LogP contribution in [0, 0.1) is 5.92 Å². The Balaban J connectivity index is 3.00. The Morgan fingerprint density at radius 3 is 2.53 bits per heavy atom. The topological polar surface area (TPSA) is 29.3 Å². The molecule has 0 fully saturated rings. The predicted molar refractivity (Wildman–Crippen MR) is 80.1 cm³/mol. The Kier molecular flexibility index (Phi) is 5.22. The van der Waals surface area contributed by atoms with Gasteiger partial charge in [-0.15, -0.1) is 0 Å². The molecule has 1 aromatic carbocycles. The summed E-state index contributed by atoms with van der Waals surface area (Å²) < 4.78 is 0. The third kappa shape index (κ3) is 3.86. The van der Waals surface area contributed by atoms with E-state index in [0.717, 1.165) is 24.3 Å². The molecule has 0 aromatic heterocycles. The van der Waals surface area contributed by atoms with Gasteiger partial charge in [0.2, 0.25) is 0 Å². The van der Waals surface area contributed by atoms with Gasteiger partial charge in [-0.2, -0.15) is 0 Å². The van der Waals surface area contributed by atoms with Gasteiger partial charge in [-0.05, 0) is 31.0 Å². The van der Waals surface area contributed by atoms with E-state index in [0.29, 0.717) is 15.9 Å². The summed E-state index contributed by atoms with van der Waals surface area (Å²) in [5.41, 5.74) is 7.44. The summed E-state index contributed by atoms with van der Waals surface area (Å²) >= 11 is 11.2. The summed E-state index contributed by atoms with van der Waals surface area (Å²) in [5, 5.41) is 0.706. The molecule has 4 heteroatoms. The zero-order valence-electron chi connectivity index (χ0n) is 10.5. The summed E-state index contributed by atoms with van der Waals surface area (Å²) in [4.78, 5) is 2.64. The number of thiocarbonyl (C=S) groups is 1. The molecule has 0 saturated heterocycles. The van der Waals surface area contributed by atoms with Crippen LogP contribution >= 0.6 is 23.8 Å². The van der Waals surface area contributed by atoms with Crippen LogP contribution in [0.4, 0.5) is 5.69 Å². The fourth-order valence-electron chi connectivity index (χ4n) is 1.76. The fourth-order valence-corrected chi connectivity index (χ4v) is 2.18. The molecule has 0 unspecified atom stereocenters.